The molecule has 2 heterocycles. The first-order valence-electron chi connectivity index (χ1n) is 7.51. The monoisotopic (exact) mass is 376 g/mol. The number of halogens is 2. The van der Waals surface area contributed by atoms with E-state index in [1.165, 1.54) is 16.5 Å². The molecule has 0 aliphatic carbocycles. The van der Waals surface area contributed by atoms with Crippen LogP contribution in [0.1, 0.15) is 11.1 Å². The highest BCUT2D eigenvalue weighted by atomic mass is 32.2. The molecule has 2 aromatic heterocycles. The van der Waals surface area contributed by atoms with Crippen molar-refractivity contribution in [2.75, 3.05) is 5.32 Å². The fourth-order valence-corrected chi connectivity index (χ4v) is 2.94. The van der Waals surface area contributed by atoms with Crippen molar-refractivity contribution in [2.45, 2.75) is 17.6 Å². The van der Waals surface area contributed by atoms with Crippen LogP contribution in [0, 0.1) is 6.92 Å². The number of hydrogen-bond donors (Lipinski definition) is 2. The van der Waals surface area contributed by atoms with Crippen molar-refractivity contribution < 1.29 is 14.0 Å². The number of fused-ring (bicyclic) bond motifs is 1. The van der Waals surface area contributed by atoms with Crippen molar-refractivity contribution in [2.24, 2.45) is 5.16 Å². The number of aryl methyl sites for hydroxylation is 1. The van der Waals surface area contributed by atoms with Crippen LogP contribution in [0.3, 0.4) is 0 Å². The Labute approximate surface area is 151 Å². The fraction of sp³-hybridized carbons (Fsp3) is 0.118. The van der Waals surface area contributed by atoms with Gasteiger partial charge in [0.15, 0.2) is 0 Å². The number of thioether (sulfide) groups is 1. The highest BCUT2D eigenvalue weighted by Gasteiger charge is 2.13. The fourth-order valence-electron chi connectivity index (χ4n) is 2.44. The van der Waals surface area contributed by atoms with Gasteiger partial charge in [0.25, 0.3) is 11.3 Å². The van der Waals surface area contributed by atoms with Gasteiger partial charge < -0.3 is 10.5 Å². The van der Waals surface area contributed by atoms with E-state index in [0.29, 0.717) is 28.0 Å². The molecule has 2 N–H and O–H groups in total. The van der Waals surface area contributed by atoms with Crippen molar-refractivity contribution in [1.82, 2.24) is 9.38 Å². The number of alkyl halides is 2. The van der Waals surface area contributed by atoms with Gasteiger partial charge in [0.1, 0.15) is 17.0 Å². The Morgan fingerprint density at radius 3 is 2.69 bits per heavy atom. The Morgan fingerprint density at radius 1 is 1.31 bits per heavy atom. The summed E-state index contributed by atoms with van der Waals surface area (Å²) < 4.78 is 26.2. The first-order valence-corrected chi connectivity index (χ1v) is 8.39. The number of pyridine rings is 1. The minimum absolute atomic E-state index is 0.0710. The van der Waals surface area contributed by atoms with E-state index < -0.39 is 11.3 Å². The van der Waals surface area contributed by atoms with Gasteiger partial charge in [-0.1, -0.05) is 23.0 Å². The molecule has 0 unspecified atom stereocenters. The summed E-state index contributed by atoms with van der Waals surface area (Å²) in [6.07, 6.45) is 2.58. The van der Waals surface area contributed by atoms with Crippen LogP contribution in [0.25, 0.3) is 5.65 Å². The van der Waals surface area contributed by atoms with Gasteiger partial charge >= 0.3 is 0 Å². The summed E-state index contributed by atoms with van der Waals surface area (Å²) in [6.45, 7) is 1.82. The zero-order chi connectivity index (χ0) is 18.7. The Balaban J connectivity index is 2.05. The van der Waals surface area contributed by atoms with Crippen LogP contribution in [0.2, 0.25) is 0 Å². The van der Waals surface area contributed by atoms with Crippen molar-refractivity contribution in [3.63, 3.8) is 0 Å². The smallest absolute Gasteiger partial charge is 0.288 e. The lowest BCUT2D eigenvalue weighted by Gasteiger charge is -2.12. The highest BCUT2D eigenvalue weighted by Crippen LogP contribution is 2.27. The second kappa shape index (κ2) is 7.52. The maximum atomic E-state index is 12.7. The molecule has 0 atom stereocenters. The first-order chi connectivity index (χ1) is 12.5. The molecular weight excluding hydrogens is 362 g/mol. The van der Waals surface area contributed by atoms with Crippen molar-refractivity contribution in [1.29, 1.82) is 0 Å². The Kier molecular flexibility index (Phi) is 5.17. The molecule has 0 saturated carbocycles. The predicted molar refractivity (Wildman–Crippen MR) is 97.2 cm³/mol. The van der Waals surface area contributed by atoms with Crippen molar-refractivity contribution in [3.8, 4) is 0 Å². The number of nitrogens with one attached hydrogen (secondary N) is 1. The summed E-state index contributed by atoms with van der Waals surface area (Å²) in [6, 6.07) is 9.83. The predicted octanol–water partition coefficient (Wildman–Crippen LogP) is 3.87. The minimum Gasteiger partial charge on any atom is -0.411 e. The zero-order valence-corrected chi connectivity index (χ0v) is 14.4. The van der Waals surface area contributed by atoms with Crippen LogP contribution < -0.4 is 10.9 Å². The summed E-state index contributed by atoms with van der Waals surface area (Å²) in [5.74, 6) is -2.29. The average molecular weight is 376 g/mol. The third-order valence-electron chi connectivity index (χ3n) is 3.61. The molecule has 0 fully saturated rings. The number of rotatable bonds is 5. The topological polar surface area (TPSA) is 79.0 Å². The van der Waals surface area contributed by atoms with E-state index in [9.17, 15) is 13.6 Å². The summed E-state index contributed by atoms with van der Waals surface area (Å²) in [4.78, 5) is 17.5. The van der Waals surface area contributed by atoms with Crippen LogP contribution in [0.4, 0.5) is 20.3 Å². The third kappa shape index (κ3) is 3.67. The molecule has 0 radical (unpaired) electrons. The van der Waals surface area contributed by atoms with Gasteiger partial charge in [-0.25, -0.2) is 4.98 Å². The van der Waals surface area contributed by atoms with E-state index >= 15 is 0 Å². The van der Waals surface area contributed by atoms with Crippen LogP contribution in [0.15, 0.2) is 57.4 Å². The molecular formula is C17H14F2N4O2S. The molecule has 9 heteroatoms. The Hall–Kier alpha value is -2.94. The second-order valence-electron chi connectivity index (χ2n) is 5.34. The number of nitrogens with zero attached hydrogens (tertiary/aromatic N) is 3. The van der Waals surface area contributed by atoms with E-state index in [4.69, 9.17) is 5.21 Å². The summed E-state index contributed by atoms with van der Waals surface area (Å²) in [5.41, 5.74) is 1.48. The molecule has 6 nitrogen and oxygen atoms in total. The minimum atomic E-state index is -2.49. The lowest BCUT2D eigenvalue weighted by Crippen LogP contribution is -2.22. The molecule has 3 rings (SSSR count). The van der Waals surface area contributed by atoms with E-state index in [1.54, 1.807) is 24.4 Å². The first kappa shape index (κ1) is 17.9. The van der Waals surface area contributed by atoms with Crippen LogP contribution in [-0.4, -0.2) is 26.6 Å². The van der Waals surface area contributed by atoms with E-state index in [2.05, 4.69) is 15.5 Å². The molecule has 0 aliphatic heterocycles. The number of hydrogen-bond acceptors (Lipinski definition) is 6. The van der Waals surface area contributed by atoms with Crippen molar-refractivity contribution in [3.05, 3.63) is 64.1 Å². The molecule has 1 aromatic carbocycles. The summed E-state index contributed by atoms with van der Waals surface area (Å²) in [7, 11) is 0. The highest BCUT2D eigenvalue weighted by molar-refractivity contribution is 7.99. The van der Waals surface area contributed by atoms with Crippen LogP contribution in [-0.2, 0) is 0 Å². The average Bonchev–Trinajstić information content (AvgIpc) is 2.60. The molecule has 0 bridgehead atoms. The van der Waals surface area contributed by atoms with Crippen molar-refractivity contribution >= 4 is 35.1 Å². The second-order valence-corrected chi connectivity index (χ2v) is 6.40. The maximum Gasteiger partial charge on any atom is 0.288 e. The molecule has 0 spiro atoms. The summed E-state index contributed by atoms with van der Waals surface area (Å²) >= 11 is 0.447. The van der Waals surface area contributed by atoms with E-state index in [1.807, 2.05) is 13.0 Å². The van der Waals surface area contributed by atoms with Gasteiger partial charge in [-0.15, -0.1) is 0 Å². The maximum absolute atomic E-state index is 12.7. The summed E-state index contributed by atoms with van der Waals surface area (Å²) in [5, 5.41) is 14.8. The number of benzene rings is 1. The van der Waals surface area contributed by atoms with Gasteiger partial charge in [0.2, 0.25) is 0 Å². The lowest BCUT2D eigenvalue weighted by molar-refractivity contribution is 0.252. The number of aromatic nitrogens is 2. The zero-order valence-electron chi connectivity index (χ0n) is 13.6. The SMILES string of the molecule is Cc1cccn2c(=O)c(/C=N\O)c(Nc3ccc(SC(F)F)cc3)nc12. The molecule has 0 amide bonds. The third-order valence-corrected chi connectivity index (χ3v) is 4.34. The van der Waals surface area contributed by atoms with Gasteiger partial charge in [-0.3, -0.25) is 9.20 Å². The Bertz CT molecular complexity index is 1020. The van der Waals surface area contributed by atoms with Crippen LogP contribution in [0.5, 0.6) is 0 Å². The largest absolute Gasteiger partial charge is 0.411 e. The van der Waals surface area contributed by atoms with E-state index in [-0.39, 0.29) is 11.4 Å². The van der Waals surface area contributed by atoms with Gasteiger partial charge in [-0.05, 0) is 42.8 Å². The number of oxime groups is 1. The Morgan fingerprint density at radius 2 is 2.04 bits per heavy atom. The quantitative estimate of drug-likeness (QED) is 0.306. The molecule has 3 aromatic rings. The number of anilines is 2. The molecule has 0 saturated heterocycles. The van der Waals surface area contributed by atoms with Crippen LogP contribution >= 0.6 is 11.8 Å². The lowest BCUT2D eigenvalue weighted by atomic mass is 10.2. The van der Waals surface area contributed by atoms with Gasteiger partial charge in [-0.2, -0.15) is 8.78 Å². The molecule has 0 aliphatic rings. The van der Waals surface area contributed by atoms with Gasteiger partial charge in [0, 0.05) is 16.8 Å². The normalized spacial score (nSPS) is 11.5. The molecule has 134 valence electrons. The standard InChI is InChI=1S/C17H14F2N4O2S/c1-10-3-2-8-23-15(10)22-14(13(9-20-25)16(23)24)21-11-4-6-12(7-5-11)26-17(18)19/h2-9,17,21,25H,1H3/b20-9-. The van der Waals surface area contributed by atoms with E-state index in [0.717, 1.165) is 11.8 Å². The molecule has 26 heavy (non-hydrogen) atoms. The van der Waals surface area contributed by atoms with Gasteiger partial charge in [0.05, 0.1) is 6.21 Å².